The molecule has 1 fully saturated rings. The molecule has 1 aliphatic heterocycles. The molecule has 0 aromatic heterocycles. The van der Waals surface area contributed by atoms with Gasteiger partial charge in [-0.25, -0.2) is 12.7 Å². The topological polar surface area (TPSA) is 75.7 Å². The van der Waals surface area contributed by atoms with E-state index in [1.165, 1.54) is 28.6 Å². The molecule has 10 heteroatoms. The lowest BCUT2D eigenvalue weighted by molar-refractivity contribution is -0.274. The molecule has 1 heterocycles. The summed E-state index contributed by atoms with van der Waals surface area (Å²) in [5.41, 5.74) is 0.751. The van der Waals surface area contributed by atoms with Gasteiger partial charge in [0.2, 0.25) is 15.9 Å². The van der Waals surface area contributed by atoms with Gasteiger partial charge in [0.15, 0.2) is 0 Å². The quantitative estimate of drug-likeness (QED) is 0.681. The molecule has 6 nitrogen and oxygen atoms in total. The van der Waals surface area contributed by atoms with Crippen molar-refractivity contribution < 1.29 is 31.1 Å². The summed E-state index contributed by atoms with van der Waals surface area (Å²) in [7, 11) is -3.27. The van der Waals surface area contributed by atoms with Crippen molar-refractivity contribution in [3.8, 4) is 5.75 Å². The first-order valence-corrected chi connectivity index (χ1v) is 10.4. The Morgan fingerprint density at radius 2 is 1.78 bits per heavy atom. The van der Waals surface area contributed by atoms with Crippen LogP contribution in [0.25, 0.3) is 0 Å². The fraction of sp³-hybridized carbons (Fsp3) is 0.588. The van der Waals surface area contributed by atoms with Crippen LogP contribution in [-0.2, 0) is 21.2 Å². The van der Waals surface area contributed by atoms with Gasteiger partial charge >= 0.3 is 6.36 Å². The highest BCUT2D eigenvalue weighted by atomic mass is 32.2. The number of benzene rings is 1. The number of nitrogens with zero attached hydrogens (tertiary/aromatic N) is 1. The van der Waals surface area contributed by atoms with Crippen LogP contribution in [0.4, 0.5) is 13.2 Å². The number of carbonyl (C=O) groups excluding carboxylic acids is 1. The number of alkyl halides is 3. The SMILES string of the molecule is O=C(CCCS(=O)(=O)N1CCCC1)NCCc1ccc(OC(F)(F)F)cc1. The van der Waals surface area contributed by atoms with Crippen LogP contribution in [0.3, 0.4) is 0 Å². The number of amides is 1. The highest BCUT2D eigenvalue weighted by Crippen LogP contribution is 2.22. The maximum Gasteiger partial charge on any atom is 0.573 e. The number of nitrogens with one attached hydrogen (secondary N) is 1. The molecule has 1 aromatic rings. The predicted octanol–water partition coefficient (Wildman–Crippen LogP) is 2.45. The average Bonchev–Trinajstić information content (AvgIpc) is 3.10. The Balaban J connectivity index is 1.64. The largest absolute Gasteiger partial charge is 0.573 e. The number of sulfonamides is 1. The number of carbonyl (C=O) groups is 1. The van der Waals surface area contributed by atoms with Gasteiger partial charge < -0.3 is 10.1 Å². The summed E-state index contributed by atoms with van der Waals surface area (Å²) in [6.45, 7) is 1.43. The zero-order valence-electron chi connectivity index (χ0n) is 14.8. The Labute approximate surface area is 156 Å². The molecule has 1 saturated heterocycles. The van der Waals surface area contributed by atoms with Crippen LogP contribution in [0.15, 0.2) is 24.3 Å². The summed E-state index contributed by atoms with van der Waals surface area (Å²) >= 11 is 0. The van der Waals surface area contributed by atoms with E-state index in [2.05, 4.69) is 10.1 Å². The van der Waals surface area contributed by atoms with Crippen molar-refractivity contribution in [1.29, 1.82) is 0 Å². The van der Waals surface area contributed by atoms with Crippen molar-refractivity contribution in [2.75, 3.05) is 25.4 Å². The molecular formula is C17H23F3N2O4S. The van der Waals surface area contributed by atoms with Gasteiger partial charge in [-0.1, -0.05) is 12.1 Å². The summed E-state index contributed by atoms with van der Waals surface area (Å²) in [6.07, 6.45) is -2.15. The van der Waals surface area contributed by atoms with Crippen LogP contribution in [0.5, 0.6) is 5.75 Å². The maximum atomic E-state index is 12.1. The Kier molecular flexibility index (Phi) is 7.49. The molecule has 0 bridgehead atoms. The smallest absolute Gasteiger partial charge is 0.406 e. The number of rotatable bonds is 9. The van der Waals surface area contributed by atoms with Gasteiger partial charge in [-0.3, -0.25) is 4.79 Å². The summed E-state index contributed by atoms with van der Waals surface area (Å²) < 4.78 is 65.6. The van der Waals surface area contributed by atoms with Gasteiger partial charge in [0.1, 0.15) is 5.75 Å². The van der Waals surface area contributed by atoms with Crippen molar-refractivity contribution in [2.24, 2.45) is 0 Å². The Morgan fingerprint density at radius 3 is 2.37 bits per heavy atom. The van der Waals surface area contributed by atoms with Crippen molar-refractivity contribution in [2.45, 2.75) is 38.5 Å². The van der Waals surface area contributed by atoms with Gasteiger partial charge in [-0.2, -0.15) is 0 Å². The lowest BCUT2D eigenvalue weighted by Crippen LogP contribution is -2.31. The standard InChI is InChI=1S/C17H23F3N2O4S/c18-17(19,20)26-15-7-5-14(6-8-15)9-10-21-16(23)4-3-13-27(24,25)22-11-1-2-12-22/h5-8H,1-4,9-13H2,(H,21,23). The molecule has 0 radical (unpaired) electrons. The van der Waals surface area contributed by atoms with Crippen molar-refractivity contribution in [3.63, 3.8) is 0 Å². The lowest BCUT2D eigenvalue weighted by atomic mass is 10.1. The average molecular weight is 408 g/mol. The number of halogens is 3. The van der Waals surface area contributed by atoms with E-state index in [1.807, 2.05) is 0 Å². The Bertz CT molecular complexity index is 715. The van der Waals surface area contributed by atoms with Crippen LogP contribution in [0.1, 0.15) is 31.2 Å². The van der Waals surface area contributed by atoms with Gasteiger partial charge in [0.05, 0.1) is 5.75 Å². The van der Waals surface area contributed by atoms with E-state index in [-0.39, 0.29) is 30.3 Å². The molecule has 1 amide bonds. The van der Waals surface area contributed by atoms with E-state index in [1.54, 1.807) is 0 Å². The monoisotopic (exact) mass is 408 g/mol. The molecule has 0 atom stereocenters. The second kappa shape index (κ2) is 9.41. The van der Waals surface area contributed by atoms with Crippen molar-refractivity contribution in [3.05, 3.63) is 29.8 Å². The van der Waals surface area contributed by atoms with Gasteiger partial charge in [0, 0.05) is 26.1 Å². The van der Waals surface area contributed by atoms with E-state index in [0.29, 0.717) is 26.1 Å². The maximum absolute atomic E-state index is 12.1. The van der Waals surface area contributed by atoms with E-state index in [0.717, 1.165) is 18.4 Å². The highest BCUT2D eigenvalue weighted by Gasteiger charge is 2.31. The molecule has 1 N–H and O–H groups in total. The molecule has 0 aliphatic carbocycles. The molecule has 0 unspecified atom stereocenters. The minimum atomic E-state index is -4.72. The lowest BCUT2D eigenvalue weighted by Gasteiger charge is -2.15. The first-order valence-electron chi connectivity index (χ1n) is 8.75. The third-order valence-electron chi connectivity index (χ3n) is 4.16. The second-order valence-corrected chi connectivity index (χ2v) is 8.41. The third-order valence-corrected chi connectivity index (χ3v) is 6.11. The van der Waals surface area contributed by atoms with E-state index < -0.39 is 16.4 Å². The van der Waals surface area contributed by atoms with Crippen LogP contribution in [0, 0.1) is 0 Å². The number of hydrogen-bond donors (Lipinski definition) is 1. The zero-order valence-corrected chi connectivity index (χ0v) is 15.6. The summed E-state index contributed by atoms with van der Waals surface area (Å²) in [5, 5.41) is 2.68. The number of hydrogen-bond acceptors (Lipinski definition) is 4. The normalized spacial score (nSPS) is 15.7. The summed E-state index contributed by atoms with van der Waals surface area (Å²) in [6, 6.07) is 5.42. The van der Waals surface area contributed by atoms with Crippen molar-refractivity contribution >= 4 is 15.9 Å². The predicted molar refractivity (Wildman–Crippen MR) is 93.7 cm³/mol. The highest BCUT2D eigenvalue weighted by molar-refractivity contribution is 7.89. The third kappa shape index (κ3) is 7.76. The van der Waals surface area contributed by atoms with Gasteiger partial charge in [-0.15, -0.1) is 13.2 Å². The van der Waals surface area contributed by atoms with Crippen LogP contribution in [-0.4, -0.2) is 50.4 Å². The van der Waals surface area contributed by atoms with Gasteiger partial charge in [0.25, 0.3) is 0 Å². The van der Waals surface area contributed by atoms with Crippen molar-refractivity contribution in [1.82, 2.24) is 9.62 Å². The van der Waals surface area contributed by atoms with E-state index >= 15 is 0 Å². The second-order valence-electron chi connectivity index (χ2n) is 6.32. The van der Waals surface area contributed by atoms with Crippen LogP contribution in [0.2, 0.25) is 0 Å². The van der Waals surface area contributed by atoms with E-state index in [4.69, 9.17) is 0 Å². The Hall–Kier alpha value is -1.81. The first-order chi connectivity index (χ1) is 12.7. The summed E-state index contributed by atoms with van der Waals surface area (Å²) in [4.78, 5) is 11.8. The van der Waals surface area contributed by atoms with Gasteiger partial charge in [-0.05, 0) is 43.4 Å². The fourth-order valence-electron chi connectivity index (χ4n) is 2.80. The molecule has 2 rings (SSSR count). The molecule has 0 spiro atoms. The molecule has 0 saturated carbocycles. The molecule has 27 heavy (non-hydrogen) atoms. The van der Waals surface area contributed by atoms with Crippen LogP contribution < -0.4 is 10.1 Å². The molecular weight excluding hydrogens is 385 g/mol. The minimum absolute atomic E-state index is 0.0406. The molecule has 1 aromatic carbocycles. The van der Waals surface area contributed by atoms with Crippen LogP contribution >= 0.6 is 0 Å². The molecule has 152 valence electrons. The molecule has 1 aliphatic rings. The van der Waals surface area contributed by atoms with E-state index in [9.17, 15) is 26.4 Å². The zero-order chi connectivity index (χ0) is 19.9. The minimum Gasteiger partial charge on any atom is -0.406 e. The fourth-order valence-corrected chi connectivity index (χ4v) is 4.38. The Morgan fingerprint density at radius 1 is 1.15 bits per heavy atom. The summed E-state index contributed by atoms with van der Waals surface area (Å²) in [5.74, 6) is -0.584. The first kappa shape index (κ1) is 21.5. The number of ether oxygens (including phenoxy) is 1.